The highest BCUT2D eigenvalue weighted by atomic mass is 16.3. The number of aliphatic hydroxyl groups is 1. The molecular weight excluding hydrogens is 330 g/mol. The minimum absolute atomic E-state index is 0.123. The Balaban J connectivity index is 1.64. The van der Waals surface area contributed by atoms with Crippen molar-refractivity contribution in [3.8, 4) is 0 Å². The van der Waals surface area contributed by atoms with Crippen molar-refractivity contribution in [2.45, 2.75) is 18.4 Å². The lowest BCUT2D eigenvalue weighted by Gasteiger charge is -2.39. The number of aliphatic hydroxyl groups excluding tert-OH is 1. The SMILES string of the molecule is OCC1(c2ccc3ccccc3c2)CCCN1c1ccc2ccccc2c1. The van der Waals surface area contributed by atoms with Crippen molar-refractivity contribution in [3.63, 3.8) is 0 Å². The molecule has 1 unspecified atom stereocenters. The molecule has 134 valence electrons. The number of benzene rings is 4. The van der Waals surface area contributed by atoms with E-state index in [1.807, 2.05) is 0 Å². The lowest BCUT2D eigenvalue weighted by atomic mass is 9.86. The fraction of sp³-hybridized carbons (Fsp3) is 0.200. The summed E-state index contributed by atoms with van der Waals surface area (Å²) in [5, 5.41) is 15.5. The Hall–Kier alpha value is -2.84. The van der Waals surface area contributed by atoms with Gasteiger partial charge in [-0.25, -0.2) is 0 Å². The molecule has 0 aromatic heterocycles. The lowest BCUT2D eigenvalue weighted by Crippen LogP contribution is -2.44. The average molecular weight is 353 g/mol. The van der Waals surface area contributed by atoms with Crippen LogP contribution in [0, 0.1) is 0 Å². The van der Waals surface area contributed by atoms with Crippen molar-refractivity contribution < 1.29 is 5.11 Å². The van der Waals surface area contributed by atoms with E-state index in [1.54, 1.807) is 0 Å². The molecule has 1 fully saturated rings. The Morgan fingerprint density at radius 2 is 1.37 bits per heavy atom. The molecule has 1 saturated heterocycles. The van der Waals surface area contributed by atoms with Crippen molar-refractivity contribution in [2.75, 3.05) is 18.1 Å². The van der Waals surface area contributed by atoms with Gasteiger partial charge in [0.15, 0.2) is 0 Å². The standard InChI is InChI=1S/C25H23NO/c27-18-25(23-12-10-19-6-1-3-8-21(19)16-23)14-5-15-26(25)24-13-11-20-7-2-4-9-22(20)17-24/h1-4,6-13,16-17,27H,5,14-15,18H2. The number of nitrogens with zero attached hydrogens (tertiary/aromatic N) is 1. The first kappa shape index (κ1) is 16.3. The number of hydrogen-bond donors (Lipinski definition) is 1. The molecule has 4 aromatic rings. The molecule has 2 heteroatoms. The minimum atomic E-state index is -0.355. The first-order chi connectivity index (χ1) is 13.3. The van der Waals surface area contributed by atoms with Gasteiger partial charge in [-0.05, 0) is 58.1 Å². The van der Waals surface area contributed by atoms with Crippen LogP contribution in [0.25, 0.3) is 21.5 Å². The summed E-state index contributed by atoms with van der Waals surface area (Å²) in [5.74, 6) is 0. The van der Waals surface area contributed by atoms with Gasteiger partial charge in [0.05, 0.1) is 12.1 Å². The summed E-state index contributed by atoms with van der Waals surface area (Å²) in [6, 6.07) is 30.2. The zero-order valence-electron chi connectivity index (χ0n) is 15.3. The second kappa shape index (κ2) is 6.40. The molecule has 0 radical (unpaired) electrons. The fourth-order valence-corrected chi connectivity index (χ4v) is 4.63. The van der Waals surface area contributed by atoms with Crippen molar-refractivity contribution in [3.05, 3.63) is 90.5 Å². The summed E-state index contributed by atoms with van der Waals surface area (Å²) in [7, 11) is 0. The van der Waals surface area contributed by atoms with Gasteiger partial charge in [-0.15, -0.1) is 0 Å². The molecule has 5 rings (SSSR count). The second-order valence-electron chi connectivity index (χ2n) is 7.54. The van der Waals surface area contributed by atoms with Gasteiger partial charge in [0, 0.05) is 12.2 Å². The van der Waals surface area contributed by atoms with E-state index in [9.17, 15) is 5.11 Å². The summed E-state index contributed by atoms with van der Waals surface area (Å²) in [4.78, 5) is 2.41. The van der Waals surface area contributed by atoms with Crippen LogP contribution in [0.1, 0.15) is 18.4 Å². The van der Waals surface area contributed by atoms with Gasteiger partial charge in [-0.3, -0.25) is 0 Å². The second-order valence-corrected chi connectivity index (χ2v) is 7.54. The Morgan fingerprint density at radius 1 is 0.741 bits per heavy atom. The van der Waals surface area contributed by atoms with E-state index in [-0.39, 0.29) is 12.1 Å². The highest BCUT2D eigenvalue weighted by molar-refractivity contribution is 5.86. The lowest BCUT2D eigenvalue weighted by molar-refractivity contribution is 0.198. The van der Waals surface area contributed by atoms with E-state index >= 15 is 0 Å². The molecule has 0 amide bonds. The number of rotatable bonds is 3. The van der Waals surface area contributed by atoms with Crippen molar-refractivity contribution in [1.29, 1.82) is 0 Å². The number of fused-ring (bicyclic) bond motifs is 2. The van der Waals surface area contributed by atoms with Crippen LogP contribution in [0.5, 0.6) is 0 Å². The van der Waals surface area contributed by atoms with Gasteiger partial charge < -0.3 is 10.0 Å². The average Bonchev–Trinajstić information content (AvgIpc) is 3.18. The topological polar surface area (TPSA) is 23.5 Å². The van der Waals surface area contributed by atoms with E-state index in [4.69, 9.17) is 0 Å². The highest BCUT2D eigenvalue weighted by Gasteiger charge is 2.42. The molecule has 0 aliphatic carbocycles. The molecule has 1 aliphatic heterocycles. The third-order valence-electron chi connectivity index (χ3n) is 6.08. The third-order valence-corrected chi connectivity index (χ3v) is 6.08. The zero-order chi connectivity index (χ0) is 18.3. The first-order valence-corrected chi connectivity index (χ1v) is 9.67. The summed E-state index contributed by atoms with van der Waals surface area (Å²) in [6.45, 7) is 1.09. The van der Waals surface area contributed by atoms with E-state index in [2.05, 4.69) is 89.8 Å². The van der Waals surface area contributed by atoms with Crippen LogP contribution in [-0.4, -0.2) is 18.3 Å². The fourth-order valence-electron chi connectivity index (χ4n) is 4.63. The molecule has 1 N–H and O–H groups in total. The minimum Gasteiger partial charge on any atom is -0.394 e. The zero-order valence-corrected chi connectivity index (χ0v) is 15.3. The predicted molar refractivity (Wildman–Crippen MR) is 113 cm³/mol. The third kappa shape index (κ3) is 2.60. The molecule has 27 heavy (non-hydrogen) atoms. The highest BCUT2D eigenvalue weighted by Crippen LogP contribution is 2.43. The molecule has 1 aliphatic rings. The molecule has 2 nitrogen and oxygen atoms in total. The van der Waals surface area contributed by atoms with E-state index in [0.29, 0.717) is 0 Å². The van der Waals surface area contributed by atoms with Crippen LogP contribution in [0.2, 0.25) is 0 Å². The molecule has 4 aromatic carbocycles. The van der Waals surface area contributed by atoms with Gasteiger partial charge in [-0.1, -0.05) is 66.7 Å². The predicted octanol–water partition coefficient (Wildman–Crippen LogP) is 5.48. The van der Waals surface area contributed by atoms with Crippen molar-refractivity contribution in [1.82, 2.24) is 0 Å². The van der Waals surface area contributed by atoms with Crippen molar-refractivity contribution >= 4 is 27.2 Å². The number of anilines is 1. The van der Waals surface area contributed by atoms with E-state index in [0.717, 1.165) is 19.4 Å². The summed E-state index contributed by atoms with van der Waals surface area (Å²) in [5.41, 5.74) is 2.04. The molecule has 0 bridgehead atoms. The van der Waals surface area contributed by atoms with Gasteiger partial charge in [-0.2, -0.15) is 0 Å². The maximum atomic E-state index is 10.5. The monoisotopic (exact) mass is 353 g/mol. The van der Waals surface area contributed by atoms with E-state index in [1.165, 1.54) is 32.8 Å². The smallest absolute Gasteiger partial charge is 0.0884 e. The summed E-state index contributed by atoms with van der Waals surface area (Å²) < 4.78 is 0. The van der Waals surface area contributed by atoms with Crippen LogP contribution in [0.4, 0.5) is 5.69 Å². The van der Waals surface area contributed by atoms with Crippen LogP contribution < -0.4 is 4.90 Å². The quantitative estimate of drug-likeness (QED) is 0.527. The Bertz CT molecular complexity index is 1120. The Kier molecular flexibility index (Phi) is 3.87. The van der Waals surface area contributed by atoms with Crippen LogP contribution in [-0.2, 0) is 5.54 Å². The van der Waals surface area contributed by atoms with Gasteiger partial charge in [0.1, 0.15) is 0 Å². The van der Waals surface area contributed by atoms with Gasteiger partial charge >= 0.3 is 0 Å². The van der Waals surface area contributed by atoms with Crippen LogP contribution >= 0.6 is 0 Å². The molecule has 1 atom stereocenters. The maximum Gasteiger partial charge on any atom is 0.0884 e. The molecule has 1 heterocycles. The molecule has 0 spiro atoms. The van der Waals surface area contributed by atoms with Crippen LogP contribution in [0.15, 0.2) is 84.9 Å². The van der Waals surface area contributed by atoms with Gasteiger partial charge in [0.2, 0.25) is 0 Å². The normalized spacial score (nSPS) is 19.8. The largest absolute Gasteiger partial charge is 0.394 e. The molecule has 0 saturated carbocycles. The van der Waals surface area contributed by atoms with Gasteiger partial charge in [0.25, 0.3) is 0 Å². The maximum absolute atomic E-state index is 10.5. The Morgan fingerprint density at radius 3 is 2.07 bits per heavy atom. The molecular formula is C25H23NO. The van der Waals surface area contributed by atoms with Crippen molar-refractivity contribution in [2.24, 2.45) is 0 Å². The van der Waals surface area contributed by atoms with E-state index < -0.39 is 0 Å². The van der Waals surface area contributed by atoms with Crippen LogP contribution in [0.3, 0.4) is 0 Å². The summed E-state index contributed by atoms with van der Waals surface area (Å²) >= 11 is 0. The summed E-state index contributed by atoms with van der Waals surface area (Å²) in [6.07, 6.45) is 2.05. The Labute approximate surface area is 159 Å². The number of hydrogen-bond acceptors (Lipinski definition) is 2. The first-order valence-electron chi connectivity index (χ1n) is 9.67.